The summed E-state index contributed by atoms with van der Waals surface area (Å²) >= 11 is 0. The predicted octanol–water partition coefficient (Wildman–Crippen LogP) is 6.22. The van der Waals surface area contributed by atoms with Gasteiger partial charge in [-0.1, -0.05) is 78.0 Å². The molecule has 0 heterocycles. The standard InChI is InChI=1S/C20H36O2/c1-7-8-9-10-11-12-15-22-19(21)14-13-17(2)16-18(3)20(4,5)6/h16H,3,7-15H2,1-2,4-6H3. The zero-order valence-corrected chi connectivity index (χ0v) is 15.5. The molecule has 0 rings (SSSR count). The Balaban J connectivity index is 3.77. The van der Waals surface area contributed by atoms with Crippen LogP contribution in [0.3, 0.4) is 0 Å². The van der Waals surface area contributed by atoms with E-state index in [0.717, 1.165) is 24.8 Å². The van der Waals surface area contributed by atoms with Crippen LogP contribution in [0.15, 0.2) is 23.8 Å². The molecule has 0 radical (unpaired) electrons. The van der Waals surface area contributed by atoms with Crippen LogP contribution in [0.2, 0.25) is 0 Å². The molecule has 0 aromatic carbocycles. The molecular weight excluding hydrogens is 272 g/mol. The predicted molar refractivity (Wildman–Crippen MR) is 95.9 cm³/mol. The van der Waals surface area contributed by atoms with Gasteiger partial charge in [0, 0.05) is 6.42 Å². The van der Waals surface area contributed by atoms with E-state index in [1.807, 2.05) is 0 Å². The van der Waals surface area contributed by atoms with E-state index >= 15 is 0 Å². The van der Waals surface area contributed by atoms with Crippen molar-refractivity contribution in [3.8, 4) is 0 Å². The molecule has 0 saturated carbocycles. The van der Waals surface area contributed by atoms with Crippen molar-refractivity contribution in [1.82, 2.24) is 0 Å². The maximum atomic E-state index is 11.7. The number of unbranched alkanes of at least 4 members (excludes halogenated alkanes) is 5. The molecular formula is C20H36O2. The van der Waals surface area contributed by atoms with Crippen molar-refractivity contribution in [2.45, 2.75) is 86.0 Å². The van der Waals surface area contributed by atoms with Gasteiger partial charge in [-0.05, 0) is 30.8 Å². The molecule has 0 aromatic rings. The molecule has 0 N–H and O–H groups in total. The van der Waals surface area contributed by atoms with E-state index in [1.165, 1.54) is 31.3 Å². The van der Waals surface area contributed by atoms with E-state index < -0.39 is 0 Å². The van der Waals surface area contributed by atoms with Crippen molar-refractivity contribution in [2.75, 3.05) is 6.61 Å². The minimum Gasteiger partial charge on any atom is -0.466 e. The van der Waals surface area contributed by atoms with Gasteiger partial charge in [-0.2, -0.15) is 0 Å². The van der Waals surface area contributed by atoms with Gasteiger partial charge in [0.1, 0.15) is 0 Å². The number of carbonyl (C=O) groups excluding carboxylic acids is 1. The third-order valence-electron chi connectivity index (χ3n) is 3.87. The topological polar surface area (TPSA) is 26.3 Å². The van der Waals surface area contributed by atoms with Crippen LogP contribution < -0.4 is 0 Å². The quantitative estimate of drug-likeness (QED) is 0.257. The SMILES string of the molecule is C=C(C=C(C)CCC(=O)OCCCCCCCC)C(C)(C)C. The highest BCUT2D eigenvalue weighted by Gasteiger charge is 2.13. The van der Waals surface area contributed by atoms with E-state index in [-0.39, 0.29) is 11.4 Å². The van der Waals surface area contributed by atoms with Gasteiger partial charge < -0.3 is 4.74 Å². The van der Waals surface area contributed by atoms with E-state index in [0.29, 0.717) is 13.0 Å². The van der Waals surface area contributed by atoms with Gasteiger partial charge in [0.25, 0.3) is 0 Å². The van der Waals surface area contributed by atoms with Crippen LogP contribution in [0.1, 0.15) is 86.0 Å². The fourth-order valence-electron chi connectivity index (χ4n) is 2.03. The smallest absolute Gasteiger partial charge is 0.306 e. The number of hydrogen-bond donors (Lipinski definition) is 0. The molecule has 0 aliphatic carbocycles. The van der Waals surface area contributed by atoms with Gasteiger partial charge in [0.2, 0.25) is 0 Å². The average molecular weight is 309 g/mol. The van der Waals surface area contributed by atoms with Gasteiger partial charge in [-0.15, -0.1) is 0 Å². The lowest BCUT2D eigenvalue weighted by Crippen LogP contribution is -2.08. The van der Waals surface area contributed by atoms with Crippen LogP contribution in [0.5, 0.6) is 0 Å². The first-order valence-corrected chi connectivity index (χ1v) is 8.79. The second kappa shape index (κ2) is 11.5. The zero-order valence-electron chi connectivity index (χ0n) is 15.5. The van der Waals surface area contributed by atoms with Crippen molar-refractivity contribution in [3.63, 3.8) is 0 Å². The van der Waals surface area contributed by atoms with E-state index in [1.54, 1.807) is 0 Å². The molecule has 0 bridgehead atoms. The lowest BCUT2D eigenvalue weighted by Gasteiger charge is -2.19. The first-order chi connectivity index (χ1) is 10.3. The lowest BCUT2D eigenvalue weighted by atomic mass is 9.86. The molecule has 0 atom stereocenters. The maximum Gasteiger partial charge on any atom is 0.306 e. The summed E-state index contributed by atoms with van der Waals surface area (Å²) in [6, 6.07) is 0. The Morgan fingerprint density at radius 3 is 2.23 bits per heavy atom. The van der Waals surface area contributed by atoms with Crippen molar-refractivity contribution in [3.05, 3.63) is 23.8 Å². The van der Waals surface area contributed by atoms with Gasteiger partial charge in [-0.25, -0.2) is 0 Å². The summed E-state index contributed by atoms with van der Waals surface area (Å²) < 4.78 is 5.28. The van der Waals surface area contributed by atoms with Gasteiger partial charge >= 0.3 is 5.97 Å². The zero-order chi connectivity index (χ0) is 17.0. The van der Waals surface area contributed by atoms with Crippen molar-refractivity contribution in [1.29, 1.82) is 0 Å². The number of ether oxygens (including phenoxy) is 1. The van der Waals surface area contributed by atoms with E-state index in [4.69, 9.17) is 4.74 Å². The minimum absolute atomic E-state index is 0.0809. The number of hydrogen-bond acceptors (Lipinski definition) is 2. The Kier molecular flexibility index (Phi) is 11.0. The van der Waals surface area contributed by atoms with Gasteiger partial charge in [-0.3, -0.25) is 4.79 Å². The third-order valence-corrected chi connectivity index (χ3v) is 3.87. The van der Waals surface area contributed by atoms with Crippen LogP contribution in [0.4, 0.5) is 0 Å². The molecule has 0 aromatic heterocycles. The minimum atomic E-state index is -0.0809. The fraction of sp³-hybridized carbons (Fsp3) is 0.750. The summed E-state index contributed by atoms with van der Waals surface area (Å²) in [7, 11) is 0. The average Bonchev–Trinajstić information content (AvgIpc) is 2.43. The van der Waals surface area contributed by atoms with E-state index in [9.17, 15) is 4.79 Å². The molecule has 128 valence electrons. The molecule has 0 spiro atoms. The van der Waals surface area contributed by atoms with Crippen molar-refractivity contribution < 1.29 is 9.53 Å². The second-order valence-electron chi connectivity index (χ2n) is 7.25. The Morgan fingerprint density at radius 1 is 1.05 bits per heavy atom. The Morgan fingerprint density at radius 2 is 1.64 bits per heavy atom. The van der Waals surface area contributed by atoms with Gasteiger partial charge in [0.05, 0.1) is 6.61 Å². The number of carbonyl (C=O) groups is 1. The van der Waals surface area contributed by atoms with Crippen molar-refractivity contribution in [2.24, 2.45) is 5.41 Å². The molecule has 0 saturated heterocycles. The highest BCUT2D eigenvalue weighted by atomic mass is 16.5. The van der Waals surface area contributed by atoms with Crippen LogP contribution in [0.25, 0.3) is 0 Å². The molecule has 0 aliphatic heterocycles. The highest BCUT2D eigenvalue weighted by molar-refractivity contribution is 5.69. The fourth-order valence-corrected chi connectivity index (χ4v) is 2.03. The normalized spacial score (nSPS) is 12.3. The molecule has 0 aliphatic rings. The van der Waals surface area contributed by atoms with Crippen molar-refractivity contribution >= 4 is 5.97 Å². The summed E-state index contributed by atoms with van der Waals surface area (Å²) in [4.78, 5) is 11.7. The molecule has 2 nitrogen and oxygen atoms in total. The summed E-state index contributed by atoms with van der Waals surface area (Å²) in [5, 5.41) is 0. The van der Waals surface area contributed by atoms with Crippen LogP contribution in [0, 0.1) is 5.41 Å². The first-order valence-electron chi connectivity index (χ1n) is 8.79. The summed E-state index contributed by atoms with van der Waals surface area (Å²) in [6.07, 6.45) is 10.6. The monoisotopic (exact) mass is 308 g/mol. The molecule has 22 heavy (non-hydrogen) atoms. The number of esters is 1. The Hall–Kier alpha value is -1.05. The summed E-state index contributed by atoms with van der Waals surface area (Å²) in [5.74, 6) is -0.0809. The van der Waals surface area contributed by atoms with E-state index in [2.05, 4.69) is 47.3 Å². The van der Waals surface area contributed by atoms with Crippen LogP contribution >= 0.6 is 0 Å². The lowest BCUT2D eigenvalue weighted by molar-refractivity contribution is -0.143. The molecule has 0 fully saturated rings. The first kappa shape index (κ1) is 20.9. The third kappa shape index (κ3) is 11.6. The van der Waals surface area contributed by atoms with Crippen LogP contribution in [-0.2, 0) is 9.53 Å². The van der Waals surface area contributed by atoms with Crippen LogP contribution in [-0.4, -0.2) is 12.6 Å². The maximum absolute atomic E-state index is 11.7. The largest absolute Gasteiger partial charge is 0.466 e. The number of allylic oxidation sites excluding steroid dienone is 3. The molecule has 2 heteroatoms. The Labute approximate surface area is 138 Å². The summed E-state index contributed by atoms with van der Waals surface area (Å²) in [6.45, 7) is 15.4. The second-order valence-corrected chi connectivity index (χ2v) is 7.25. The molecule has 0 unspecified atom stereocenters. The molecule has 0 amide bonds. The Bertz CT molecular complexity index is 358. The summed E-state index contributed by atoms with van der Waals surface area (Å²) in [5.41, 5.74) is 2.38. The highest BCUT2D eigenvalue weighted by Crippen LogP contribution is 2.26. The number of rotatable bonds is 11. The van der Waals surface area contributed by atoms with Gasteiger partial charge in [0.15, 0.2) is 0 Å².